The third kappa shape index (κ3) is 4.80. The van der Waals surface area contributed by atoms with Crippen molar-refractivity contribution in [1.82, 2.24) is 9.62 Å². The molecule has 0 aliphatic carbocycles. The van der Waals surface area contributed by atoms with Crippen molar-refractivity contribution in [3.05, 3.63) is 29.3 Å². The Bertz CT molecular complexity index is 591. The second kappa shape index (κ2) is 7.57. The lowest BCUT2D eigenvalue weighted by molar-refractivity contribution is 0.191. The van der Waals surface area contributed by atoms with Gasteiger partial charge in [0.2, 0.25) is 10.0 Å². The maximum absolute atomic E-state index is 12.3. The molecule has 0 spiro atoms. The van der Waals surface area contributed by atoms with Crippen molar-refractivity contribution in [2.75, 3.05) is 26.2 Å². The molecule has 0 unspecified atom stereocenters. The van der Waals surface area contributed by atoms with E-state index >= 15 is 0 Å². The molecule has 4 nitrogen and oxygen atoms in total. The van der Waals surface area contributed by atoms with Gasteiger partial charge in [0.15, 0.2) is 0 Å². The van der Waals surface area contributed by atoms with Crippen LogP contribution in [0.15, 0.2) is 23.1 Å². The van der Waals surface area contributed by atoms with Crippen LogP contribution in [0.5, 0.6) is 0 Å². The molecule has 1 fully saturated rings. The zero-order chi connectivity index (χ0) is 16.2. The van der Waals surface area contributed by atoms with Crippen molar-refractivity contribution in [2.45, 2.75) is 44.9 Å². The van der Waals surface area contributed by atoms with Gasteiger partial charge < -0.3 is 4.90 Å². The summed E-state index contributed by atoms with van der Waals surface area (Å²) in [6.07, 6.45) is 3.38. The first kappa shape index (κ1) is 17.4. The molecule has 5 heteroatoms. The Morgan fingerprint density at radius 2 is 1.91 bits per heavy atom. The van der Waals surface area contributed by atoms with Gasteiger partial charge in [-0.05, 0) is 70.3 Å². The average molecular weight is 324 g/mol. The highest BCUT2D eigenvalue weighted by Gasteiger charge is 2.17. The van der Waals surface area contributed by atoms with Gasteiger partial charge in [0.05, 0.1) is 4.90 Å². The maximum Gasteiger partial charge on any atom is 0.240 e. The van der Waals surface area contributed by atoms with Crippen LogP contribution in [0.25, 0.3) is 0 Å². The van der Waals surface area contributed by atoms with Crippen LogP contribution < -0.4 is 4.72 Å². The Balaban J connectivity index is 1.80. The number of hydrogen-bond donors (Lipinski definition) is 1. The molecular weight excluding hydrogens is 296 g/mol. The molecule has 2 rings (SSSR count). The minimum atomic E-state index is -3.39. The number of benzene rings is 1. The number of aryl methyl sites for hydroxylation is 2. The summed E-state index contributed by atoms with van der Waals surface area (Å²) < 4.78 is 27.4. The molecule has 1 aliphatic rings. The predicted octanol–water partition coefficient (Wildman–Crippen LogP) is 2.70. The van der Waals surface area contributed by atoms with Gasteiger partial charge in [0.1, 0.15) is 0 Å². The van der Waals surface area contributed by atoms with Gasteiger partial charge in [-0.15, -0.1) is 0 Å². The second-order valence-corrected chi connectivity index (χ2v) is 8.28. The molecule has 0 bridgehead atoms. The number of sulfonamides is 1. The van der Waals surface area contributed by atoms with E-state index in [4.69, 9.17) is 0 Å². The van der Waals surface area contributed by atoms with E-state index in [1.807, 2.05) is 26.0 Å². The molecule has 1 aliphatic heterocycles. The van der Waals surface area contributed by atoms with Crippen molar-refractivity contribution < 1.29 is 8.42 Å². The Morgan fingerprint density at radius 3 is 2.55 bits per heavy atom. The van der Waals surface area contributed by atoms with Gasteiger partial charge in [-0.25, -0.2) is 13.1 Å². The molecule has 1 N–H and O–H groups in total. The van der Waals surface area contributed by atoms with E-state index in [0.29, 0.717) is 11.4 Å². The van der Waals surface area contributed by atoms with Crippen LogP contribution in [0, 0.1) is 19.8 Å². The fourth-order valence-corrected chi connectivity index (χ4v) is 4.27. The van der Waals surface area contributed by atoms with Crippen LogP contribution in [-0.2, 0) is 10.0 Å². The van der Waals surface area contributed by atoms with E-state index in [1.54, 1.807) is 6.07 Å². The zero-order valence-electron chi connectivity index (χ0n) is 13.9. The molecule has 0 amide bonds. The molecule has 1 saturated heterocycles. The molecule has 0 radical (unpaired) electrons. The lowest BCUT2D eigenvalue weighted by Crippen LogP contribution is -2.35. The first-order chi connectivity index (χ1) is 10.4. The highest BCUT2D eigenvalue weighted by atomic mass is 32.2. The van der Waals surface area contributed by atoms with Gasteiger partial charge in [-0.1, -0.05) is 24.6 Å². The van der Waals surface area contributed by atoms with Crippen LogP contribution in [0.1, 0.15) is 37.3 Å². The lowest BCUT2D eigenvalue weighted by atomic mass is 9.99. The summed E-state index contributed by atoms with van der Waals surface area (Å²) in [4.78, 5) is 2.83. The fraction of sp³-hybridized carbons (Fsp3) is 0.647. The monoisotopic (exact) mass is 324 g/mol. The molecule has 0 saturated carbocycles. The lowest BCUT2D eigenvalue weighted by Gasteiger charge is -2.30. The third-order valence-corrected chi connectivity index (χ3v) is 6.06. The number of nitrogens with one attached hydrogen (secondary N) is 1. The first-order valence-corrected chi connectivity index (χ1v) is 9.66. The smallest absolute Gasteiger partial charge is 0.240 e. The number of likely N-dealkylation sites (tertiary alicyclic amines) is 1. The Hall–Kier alpha value is -0.910. The van der Waals surface area contributed by atoms with E-state index in [1.165, 1.54) is 12.8 Å². The Morgan fingerprint density at radius 1 is 1.23 bits per heavy atom. The topological polar surface area (TPSA) is 49.4 Å². The second-order valence-electron chi connectivity index (χ2n) is 6.54. The number of hydrogen-bond acceptors (Lipinski definition) is 3. The van der Waals surface area contributed by atoms with Crippen LogP contribution >= 0.6 is 0 Å². The fourth-order valence-electron chi connectivity index (χ4n) is 2.97. The van der Waals surface area contributed by atoms with Crippen molar-refractivity contribution in [3.8, 4) is 0 Å². The molecule has 1 aromatic carbocycles. The third-order valence-electron chi connectivity index (χ3n) is 4.44. The molecule has 0 atom stereocenters. The molecule has 1 heterocycles. The largest absolute Gasteiger partial charge is 0.303 e. The standard InChI is InChI=1S/C17H28N2O2S/c1-14-7-11-19(12-8-14)10-4-9-18-22(20,21)17-6-5-15(2)13-16(17)3/h5-6,13-14,18H,4,7-12H2,1-3H3. The van der Waals surface area contributed by atoms with Crippen LogP contribution in [0.3, 0.4) is 0 Å². The van der Waals surface area contributed by atoms with E-state index in [-0.39, 0.29) is 0 Å². The van der Waals surface area contributed by atoms with Gasteiger partial charge in [0, 0.05) is 6.54 Å². The molecule has 22 heavy (non-hydrogen) atoms. The van der Waals surface area contributed by atoms with Crippen molar-refractivity contribution in [2.24, 2.45) is 5.92 Å². The molecule has 124 valence electrons. The molecule has 0 aromatic heterocycles. The highest BCUT2D eigenvalue weighted by molar-refractivity contribution is 7.89. The summed E-state index contributed by atoms with van der Waals surface area (Å²) in [5.41, 5.74) is 1.88. The van der Waals surface area contributed by atoms with Crippen LogP contribution in [-0.4, -0.2) is 39.5 Å². The Labute approximate surface area is 135 Å². The summed E-state index contributed by atoms with van der Waals surface area (Å²) in [5, 5.41) is 0. The summed E-state index contributed by atoms with van der Waals surface area (Å²) in [7, 11) is -3.39. The van der Waals surface area contributed by atoms with Gasteiger partial charge in [0.25, 0.3) is 0 Å². The van der Waals surface area contributed by atoms with E-state index in [9.17, 15) is 8.42 Å². The van der Waals surface area contributed by atoms with E-state index < -0.39 is 10.0 Å². The van der Waals surface area contributed by atoms with Gasteiger partial charge in [-0.3, -0.25) is 0 Å². The van der Waals surface area contributed by atoms with Crippen molar-refractivity contribution in [3.63, 3.8) is 0 Å². The van der Waals surface area contributed by atoms with Crippen LogP contribution in [0.4, 0.5) is 0 Å². The number of piperidine rings is 1. The Kier molecular flexibility index (Phi) is 6.01. The SMILES string of the molecule is Cc1ccc(S(=O)(=O)NCCCN2CCC(C)CC2)c(C)c1. The highest BCUT2D eigenvalue weighted by Crippen LogP contribution is 2.17. The number of rotatable bonds is 6. The quantitative estimate of drug-likeness (QED) is 0.819. The zero-order valence-corrected chi connectivity index (χ0v) is 14.7. The van der Waals surface area contributed by atoms with Crippen molar-refractivity contribution in [1.29, 1.82) is 0 Å². The minimum absolute atomic E-state index is 0.393. The summed E-state index contributed by atoms with van der Waals surface area (Å²) in [6, 6.07) is 5.44. The van der Waals surface area contributed by atoms with Gasteiger partial charge in [-0.2, -0.15) is 0 Å². The first-order valence-electron chi connectivity index (χ1n) is 8.18. The van der Waals surface area contributed by atoms with E-state index in [2.05, 4.69) is 16.5 Å². The molecular formula is C17H28N2O2S. The number of nitrogens with zero attached hydrogens (tertiary/aromatic N) is 1. The maximum atomic E-state index is 12.3. The average Bonchev–Trinajstić information content (AvgIpc) is 2.45. The summed E-state index contributed by atoms with van der Waals surface area (Å²) >= 11 is 0. The summed E-state index contributed by atoms with van der Waals surface area (Å²) in [6.45, 7) is 9.88. The van der Waals surface area contributed by atoms with Crippen molar-refractivity contribution >= 4 is 10.0 Å². The normalized spacial score (nSPS) is 17.8. The predicted molar refractivity (Wildman–Crippen MR) is 90.6 cm³/mol. The minimum Gasteiger partial charge on any atom is -0.303 e. The summed E-state index contributed by atoms with van der Waals surface area (Å²) in [5.74, 6) is 0.833. The van der Waals surface area contributed by atoms with Crippen LogP contribution in [0.2, 0.25) is 0 Å². The van der Waals surface area contributed by atoms with E-state index in [0.717, 1.165) is 43.1 Å². The molecule has 1 aromatic rings. The van der Waals surface area contributed by atoms with Gasteiger partial charge >= 0.3 is 0 Å².